The summed E-state index contributed by atoms with van der Waals surface area (Å²) in [4.78, 5) is 27.0. The zero-order chi connectivity index (χ0) is 23.1. The molecule has 0 aliphatic carbocycles. The van der Waals surface area contributed by atoms with Gasteiger partial charge in [-0.15, -0.1) is 0 Å². The fourth-order valence-electron chi connectivity index (χ4n) is 3.71. The molecule has 2 aromatic carbocycles. The lowest BCUT2D eigenvalue weighted by molar-refractivity contribution is -0.151. The Labute approximate surface area is 193 Å². The first-order valence-corrected chi connectivity index (χ1v) is 12.4. The highest BCUT2D eigenvalue weighted by molar-refractivity contribution is 7.89. The average Bonchev–Trinajstić information content (AvgIpc) is 2.79. The normalized spacial score (nSPS) is 15.9. The number of amides is 1. The molecule has 32 heavy (non-hydrogen) atoms. The van der Waals surface area contributed by atoms with Crippen molar-refractivity contribution in [1.82, 2.24) is 9.62 Å². The number of esters is 1. The zero-order valence-corrected chi connectivity index (χ0v) is 19.4. The summed E-state index contributed by atoms with van der Waals surface area (Å²) in [5, 5.41) is 0.422. The molecule has 3 rings (SSSR count). The molecule has 1 heterocycles. The van der Waals surface area contributed by atoms with E-state index in [1.807, 2.05) is 30.3 Å². The Morgan fingerprint density at radius 1 is 1.09 bits per heavy atom. The van der Waals surface area contributed by atoms with E-state index in [-0.39, 0.29) is 29.1 Å². The Balaban J connectivity index is 1.76. The molecule has 0 unspecified atom stereocenters. The van der Waals surface area contributed by atoms with Crippen LogP contribution < -0.4 is 4.72 Å². The number of ether oxygens (including phenoxy) is 1. The van der Waals surface area contributed by atoms with Crippen LogP contribution in [0.3, 0.4) is 0 Å². The predicted octanol–water partition coefficient (Wildman–Crippen LogP) is 3.03. The van der Waals surface area contributed by atoms with Gasteiger partial charge in [-0.05, 0) is 56.0 Å². The van der Waals surface area contributed by atoms with Gasteiger partial charge in [0.25, 0.3) is 0 Å². The standard InChI is InChI=1S/C23H27ClN2O5S/c1-2-31-23(28)18-12-14-26(15-13-18)22(27)21(16-17-6-4-3-5-7-17)25-32(29,30)20-10-8-19(24)9-11-20/h3-11,18,21,25H,2,12-16H2,1H3/t21-/m1/s1. The lowest BCUT2D eigenvalue weighted by Crippen LogP contribution is -2.52. The molecule has 7 nitrogen and oxygen atoms in total. The monoisotopic (exact) mass is 478 g/mol. The number of hydrogen-bond acceptors (Lipinski definition) is 5. The van der Waals surface area contributed by atoms with Gasteiger partial charge in [-0.2, -0.15) is 4.72 Å². The van der Waals surface area contributed by atoms with E-state index in [0.717, 1.165) is 5.56 Å². The number of hydrogen-bond donors (Lipinski definition) is 1. The lowest BCUT2D eigenvalue weighted by atomic mass is 9.96. The van der Waals surface area contributed by atoms with Gasteiger partial charge in [0.15, 0.2) is 0 Å². The van der Waals surface area contributed by atoms with Crippen molar-refractivity contribution in [2.75, 3.05) is 19.7 Å². The van der Waals surface area contributed by atoms with Gasteiger partial charge in [0, 0.05) is 18.1 Å². The maximum absolute atomic E-state index is 13.3. The molecule has 1 fully saturated rings. The molecule has 172 valence electrons. The second kappa shape index (κ2) is 10.9. The molecule has 0 spiro atoms. The number of piperidine rings is 1. The second-order valence-electron chi connectivity index (χ2n) is 7.67. The average molecular weight is 479 g/mol. The number of nitrogens with one attached hydrogen (secondary N) is 1. The molecule has 1 N–H and O–H groups in total. The van der Waals surface area contributed by atoms with Gasteiger partial charge in [0.2, 0.25) is 15.9 Å². The van der Waals surface area contributed by atoms with Crippen LogP contribution in [-0.4, -0.2) is 50.9 Å². The summed E-state index contributed by atoms with van der Waals surface area (Å²) in [7, 11) is -3.94. The Bertz CT molecular complexity index is 1020. The molecular weight excluding hydrogens is 452 g/mol. The molecule has 1 aliphatic heterocycles. The number of likely N-dealkylation sites (tertiary alicyclic amines) is 1. The Morgan fingerprint density at radius 3 is 2.31 bits per heavy atom. The quantitative estimate of drug-likeness (QED) is 0.589. The minimum absolute atomic E-state index is 0.0359. The minimum atomic E-state index is -3.94. The maximum atomic E-state index is 13.3. The first-order chi connectivity index (χ1) is 15.3. The molecular formula is C23H27ClN2O5S. The SMILES string of the molecule is CCOC(=O)C1CCN(C(=O)[C@@H](Cc2ccccc2)NS(=O)(=O)c2ccc(Cl)cc2)CC1. The summed E-state index contributed by atoms with van der Waals surface area (Å²) in [6.07, 6.45) is 1.20. The summed E-state index contributed by atoms with van der Waals surface area (Å²) >= 11 is 5.87. The van der Waals surface area contributed by atoms with Gasteiger partial charge in [-0.1, -0.05) is 41.9 Å². The van der Waals surface area contributed by atoms with Gasteiger partial charge in [-0.3, -0.25) is 9.59 Å². The van der Waals surface area contributed by atoms with Crippen molar-refractivity contribution in [3.05, 3.63) is 65.2 Å². The molecule has 2 aromatic rings. The number of carbonyl (C=O) groups is 2. The highest BCUT2D eigenvalue weighted by Gasteiger charge is 2.33. The topological polar surface area (TPSA) is 92.8 Å². The van der Waals surface area contributed by atoms with E-state index >= 15 is 0 Å². The van der Waals surface area contributed by atoms with E-state index in [1.54, 1.807) is 11.8 Å². The minimum Gasteiger partial charge on any atom is -0.466 e. The van der Waals surface area contributed by atoms with Crippen LogP contribution in [0.25, 0.3) is 0 Å². The van der Waals surface area contributed by atoms with E-state index in [9.17, 15) is 18.0 Å². The fourth-order valence-corrected chi connectivity index (χ4v) is 5.03. The van der Waals surface area contributed by atoms with Crippen LogP contribution in [0.5, 0.6) is 0 Å². The van der Waals surface area contributed by atoms with Crippen molar-refractivity contribution in [3.8, 4) is 0 Å². The van der Waals surface area contributed by atoms with Crippen LogP contribution in [0.2, 0.25) is 5.02 Å². The molecule has 1 saturated heterocycles. The van der Waals surface area contributed by atoms with E-state index in [0.29, 0.717) is 37.6 Å². The number of halogens is 1. The molecule has 0 bridgehead atoms. The van der Waals surface area contributed by atoms with E-state index in [1.165, 1.54) is 24.3 Å². The molecule has 9 heteroatoms. The Kier molecular flexibility index (Phi) is 8.28. The number of carbonyl (C=O) groups excluding carboxylic acids is 2. The van der Waals surface area contributed by atoms with Crippen LogP contribution in [0, 0.1) is 5.92 Å². The summed E-state index contributed by atoms with van der Waals surface area (Å²) in [5.74, 6) is -0.796. The van der Waals surface area contributed by atoms with Gasteiger partial charge in [0.05, 0.1) is 17.4 Å². The van der Waals surface area contributed by atoms with Crippen molar-refractivity contribution in [1.29, 1.82) is 0 Å². The molecule has 1 atom stereocenters. The molecule has 0 radical (unpaired) electrons. The van der Waals surface area contributed by atoms with Gasteiger partial charge >= 0.3 is 5.97 Å². The molecule has 0 aromatic heterocycles. The Morgan fingerprint density at radius 2 is 1.72 bits per heavy atom. The van der Waals surface area contributed by atoms with E-state index in [4.69, 9.17) is 16.3 Å². The van der Waals surface area contributed by atoms with Crippen molar-refractivity contribution in [3.63, 3.8) is 0 Å². The smallest absolute Gasteiger partial charge is 0.309 e. The fraction of sp³-hybridized carbons (Fsp3) is 0.391. The Hall–Kier alpha value is -2.42. The van der Waals surface area contributed by atoms with E-state index in [2.05, 4.69) is 4.72 Å². The highest BCUT2D eigenvalue weighted by Crippen LogP contribution is 2.21. The summed E-state index contributed by atoms with van der Waals surface area (Å²) in [5.41, 5.74) is 0.839. The zero-order valence-electron chi connectivity index (χ0n) is 17.9. The molecule has 1 aliphatic rings. The predicted molar refractivity (Wildman–Crippen MR) is 122 cm³/mol. The van der Waals surface area contributed by atoms with Crippen molar-refractivity contribution in [2.24, 2.45) is 5.92 Å². The second-order valence-corrected chi connectivity index (χ2v) is 9.82. The molecule has 1 amide bonds. The van der Waals surface area contributed by atoms with Crippen molar-refractivity contribution >= 4 is 33.5 Å². The van der Waals surface area contributed by atoms with E-state index < -0.39 is 16.1 Å². The third-order valence-corrected chi connectivity index (χ3v) is 7.17. The third kappa shape index (κ3) is 6.31. The lowest BCUT2D eigenvalue weighted by Gasteiger charge is -2.33. The van der Waals surface area contributed by atoms with Crippen LogP contribution in [0.1, 0.15) is 25.3 Å². The van der Waals surface area contributed by atoms with Crippen LogP contribution in [0.4, 0.5) is 0 Å². The van der Waals surface area contributed by atoms with Crippen molar-refractivity contribution in [2.45, 2.75) is 37.1 Å². The maximum Gasteiger partial charge on any atom is 0.309 e. The van der Waals surface area contributed by atoms with Gasteiger partial charge in [-0.25, -0.2) is 8.42 Å². The largest absolute Gasteiger partial charge is 0.466 e. The summed E-state index contributed by atoms with van der Waals surface area (Å²) in [6.45, 7) is 2.83. The summed E-state index contributed by atoms with van der Waals surface area (Å²) < 4.78 is 33.6. The number of nitrogens with zero attached hydrogens (tertiary/aromatic N) is 1. The molecule has 0 saturated carbocycles. The number of benzene rings is 2. The number of rotatable bonds is 8. The number of sulfonamides is 1. The van der Waals surface area contributed by atoms with Crippen LogP contribution in [0.15, 0.2) is 59.5 Å². The third-order valence-electron chi connectivity index (χ3n) is 5.43. The van der Waals surface area contributed by atoms with Crippen molar-refractivity contribution < 1.29 is 22.7 Å². The summed E-state index contributed by atoms with van der Waals surface area (Å²) in [6, 6.07) is 14.1. The first kappa shape index (κ1) is 24.2. The highest BCUT2D eigenvalue weighted by atomic mass is 35.5. The van der Waals surface area contributed by atoms with Gasteiger partial charge in [0.1, 0.15) is 6.04 Å². The van der Waals surface area contributed by atoms with Gasteiger partial charge < -0.3 is 9.64 Å². The van der Waals surface area contributed by atoms with Crippen LogP contribution >= 0.6 is 11.6 Å². The van der Waals surface area contributed by atoms with Crippen LogP contribution in [-0.2, 0) is 30.8 Å². The first-order valence-electron chi connectivity index (χ1n) is 10.6.